The van der Waals surface area contributed by atoms with Gasteiger partial charge in [-0.25, -0.2) is 0 Å². The fraction of sp³-hybridized carbons (Fsp3) is 0.294. The summed E-state index contributed by atoms with van der Waals surface area (Å²) in [6.07, 6.45) is 1.09. The van der Waals surface area contributed by atoms with Gasteiger partial charge >= 0.3 is 0 Å². The molecule has 2 aromatic rings. The predicted octanol–water partition coefficient (Wildman–Crippen LogP) is 3.66. The van der Waals surface area contributed by atoms with Crippen LogP contribution in [0.1, 0.15) is 11.1 Å². The molecule has 1 atom stereocenters. The summed E-state index contributed by atoms with van der Waals surface area (Å²) in [6, 6.07) is 16.8. The molecule has 0 radical (unpaired) electrons. The van der Waals surface area contributed by atoms with Crippen LogP contribution in [0.5, 0.6) is 5.75 Å². The molecule has 2 nitrogen and oxygen atoms in total. The van der Waals surface area contributed by atoms with Crippen molar-refractivity contribution in [1.82, 2.24) is 0 Å². The van der Waals surface area contributed by atoms with Crippen molar-refractivity contribution in [2.75, 3.05) is 18.5 Å². The Hall–Kier alpha value is -1.96. The molecule has 0 fully saturated rings. The minimum Gasteiger partial charge on any atom is -0.493 e. The van der Waals surface area contributed by atoms with E-state index in [4.69, 9.17) is 4.74 Å². The van der Waals surface area contributed by atoms with E-state index in [0.717, 1.165) is 25.3 Å². The summed E-state index contributed by atoms with van der Waals surface area (Å²) in [6.45, 7) is 3.85. The van der Waals surface area contributed by atoms with Gasteiger partial charge in [0.15, 0.2) is 0 Å². The zero-order valence-corrected chi connectivity index (χ0v) is 11.2. The SMILES string of the molecule is Cc1cccc(OCC2CNc3ccccc3C2)c1. The molecule has 0 aromatic heterocycles. The molecule has 0 saturated carbocycles. The molecule has 1 aliphatic rings. The number of aryl methyl sites for hydroxylation is 1. The van der Waals surface area contributed by atoms with Gasteiger partial charge in [-0.05, 0) is 42.7 Å². The third-order valence-corrected chi connectivity index (χ3v) is 3.58. The van der Waals surface area contributed by atoms with Crippen LogP contribution in [0.2, 0.25) is 0 Å². The first kappa shape index (κ1) is 12.1. The van der Waals surface area contributed by atoms with E-state index in [-0.39, 0.29) is 0 Å². The first-order valence-corrected chi connectivity index (χ1v) is 6.82. The molecule has 0 amide bonds. The Morgan fingerprint density at radius 3 is 2.95 bits per heavy atom. The number of hydrogen-bond donors (Lipinski definition) is 1. The fourth-order valence-corrected chi connectivity index (χ4v) is 2.55. The van der Waals surface area contributed by atoms with Gasteiger partial charge in [0.05, 0.1) is 6.61 Å². The number of hydrogen-bond acceptors (Lipinski definition) is 2. The molecular weight excluding hydrogens is 234 g/mol. The zero-order chi connectivity index (χ0) is 13.1. The zero-order valence-electron chi connectivity index (χ0n) is 11.2. The van der Waals surface area contributed by atoms with Crippen molar-refractivity contribution in [1.29, 1.82) is 0 Å². The maximum atomic E-state index is 5.90. The van der Waals surface area contributed by atoms with E-state index in [9.17, 15) is 0 Å². The number of nitrogens with one attached hydrogen (secondary N) is 1. The second-order valence-electron chi connectivity index (χ2n) is 5.24. The molecule has 19 heavy (non-hydrogen) atoms. The Bertz CT molecular complexity index is 565. The second kappa shape index (κ2) is 5.35. The number of anilines is 1. The third kappa shape index (κ3) is 2.90. The van der Waals surface area contributed by atoms with Crippen molar-refractivity contribution in [2.24, 2.45) is 5.92 Å². The van der Waals surface area contributed by atoms with Crippen LogP contribution in [0.4, 0.5) is 5.69 Å². The maximum Gasteiger partial charge on any atom is 0.119 e. The molecule has 2 aromatic carbocycles. The highest BCUT2D eigenvalue weighted by Gasteiger charge is 2.18. The normalized spacial score (nSPS) is 17.4. The van der Waals surface area contributed by atoms with Gasteiger partial charge in [-0.2, -0.15) is 0 Å². The molecule has 0 bridgehead atoms. The molecule has 1 unspecified atom stereocenters. The van der Waals surface area contributed by atoms with Crippen LogP contribution in [0.25, 0.3) is 0 Å². The smallest absolute Gasteiger partial charge is 0.119 e. The Morgan fingerprint density at radius 2 is 2.05 bits per heavy atom. The van der Waals surface area contributed by atoms with Crippen molar-refractivity contribution < 1.29 is 4.74 Å². The highest BCUT2D eigenvalue weighted by molar-refractivity contribution is 5.53. The quantitative estimate of drug-likeness (QED) is 0.901. The van der Waals surface area contributed by atoms with E-state index in [1.807, 2.05) is 12.1 Å². The van der Waals surface area contributed by atoms with Gasteiger partial charge in [0.25, 0.3) is 0 Å². The largest absolute Gasteiger partial charge is 0.493 e. The van der Waals surface area contributed by atoms with Gasteiger partial charge in [0.1, 0.15) is 5.75 Å². The minimum absolute atomic E-state index is 0.537. The first-order valence-electron chi connectivity index (χ1n) is 6.82. The van der Waals surface area contributed by atoms with Gasteiger partial charge in [-0.3, -0.25) is 0 Å². The predicted molar refractivity (Wildman–Crippen MR) is 78.8 cm³/mol. The van der Waals surface area contributed by atoms with Gasteiger partial charge in [0.2, 0.25) is 0 Å². The lowest BCUT2D eigenvalue weighted by Crippen LogP contribution is -2.27. The van der Waals surface area contributed by atoms with E-state index in [1.54, 1.807) is 0 Å². The number of rotatable bonds is 3. The monoisotopic (exact) mass is 253 g/mol. The minimum atomic E-state index is 0.537. The van der Waals surface area contributed by atoms with Gasteiger partial charge in [-0.1, -0.05) is 30.3 Å². The van der Waals surface area contributed by atoms with Crippen molar-refractivity contribution in [3.8, 4) is 5.75 Å². The Kier molecular flexibility index (Phi) is 3.41. The summed E-state index contributed by atoms with van der Waals surface area (Å²) in [5.74, 6) is 1.51. The highest BCUT2D eigenvalue weighted by atomic mass is 16.5. The lowest BCUT2D eigenvalue weighted by molar-refractivity contribution is 0.252. The van der Waals surface area contributed by atoms with Crippen LogP contribution in [0.3, 0.4) is 0 Å². The summed E-state index contributed by atoms with van der Waals surface area (Å²) in [7, 11) is 0. The molecular formula is C17H19NO. The average molecular weight is 253 g/mol. The van der Waals surface area contributed by atoms with Crippen molar-refractivity contribution >= 4 is 5.69 Å². The van der Waals surface area contributed by atoms with Crippen molar-refractivity contribution in [3.05, 3.63) is 59.7 Å². The van der Waals surface area contributed by atoms with Crippen LogP contribution in [0, 0.1) is 12.8 Å². The molecule has 1 aliphatic heterocycles. The van der Waals surface area contributed by atoms with Crippen molar-refractivity contribution in [3.63, 3.8) is 0 Å². The van der Waals surface area contributed by atoms with E-state index in [2.05, 4.69) is 48.6 Å². The number of para-hydroxylation sites is 1. The van der Waals surface area contributed by atoms with Gasteiger partial charge in [0, 0.05) is 18.2 Å². The standard InChI is InChI=1S/C17H19NO/c1-13-5-4-7-16(9-13)19-12-14-10-15-6-2-3-8-17(15)18-11-14/h2-9,14,18H,10-12H2,1H3. The van der Waals surface area contributed by atoms with E-state index < -0.39 is 0 Å². The van der Waals surface area contributed by atoms with E-state index in [0.29, 0.717) is 5.92 Å². The van der Waals surface area contributed by atoms with Gasteiger partial charge in [-0.15, -0.1) is 0 Å². The molecule has 0 aliphatic carbocycles. The fourth-order valence-electron chi connectivity index (χ4n) is 2.55. The van der Waals surface area contributed by atoms with Crippen LogP contribution in [0.15, 0.2) is 48.5 Å². The number of benzene rings is 2. The van der Waals surface area contributed by atoms with Crippen LogP contribution in [-0.2, 0) is 6.42 Å². The maximum absolute atomic E-state index is 5.90. The Morgan fingerprint density at radius 1 is 1.16 bits per heavy atom. The Labute approximate surface area is 114 Å². The van der Waals surface area contributed by atoms with Gasteiger partial charge < -0.3 is 10.1 Å². The summed E-state index contributed by atoms with van der Waals surface area (Å²) < 4.78 is 5.90. The summed E-state index contributed by atoms with van der Waals surface area (Å²) in [5, 5.41) is 3.48. The molecule has 0 saturated heterocycles. The summed E-state index contributed by atoms with van der Waals surface area (Å²) in [5.41, 5.74) is 3.91. The third-order valence-electron chi connectivity index (χ3n) is 3.58. The molecule has 1 heterocycles. The molecule has 0 spiro atoms. The Balaban J connectivity index is 1.61. The van der Waals surface area contributed by atoms with Crippen LogP contribution >= 0.6 is 0 Å². The van der Waals surface area contributed by atoms with Crippen LogP contribution < -0.4 is 10.1 Å². The summed E-state index contributed by atoms with van der Waals surface area (Å²) in [4.78, 5) is 0. The van der Waals surface area contributed by atoms with E-state index in [1.165, 1.54) is 16.8 Å². The lowest BCUT2D eigenvalue weighted by Gasteiger charge is -2.26. The molecule has 1 N–H and O–H groups in total. The molecule has 3 rings (SSSR count). The summed E-state index contributed by atoms with van der Waals surface area (Å²) >= 11 is 0. The molecule has 2 heteroatoms. The van der Waals surface area contributed by atoms with Crippen molar-refractivity contribution in [2.45, 2.75) is 13.3 Å². The lowest BCUT2D eigenvalue weighted by atomic mass is 9.95. The topological polar surface area (TPSA) is 21.3 Å². The van der Waals surface area contributed by atoms with E-state index >= 15 is 0 Å². The average Bonchev–Trinajstić information content (AvgIpc) is 2.45. The second-order valence-corrected chi connectivity index (χ2v) is 5.24. The number of ether oxygens (including phenoxy) is 1. The number of fused-ring (bicyclic) bond motifs is 1. The highest BCUT2D eigenvalue weighted by Crippen LogP contribution is 2.25. The first-order chi connectivity index (χ1) is 9.31. The molecule has 98 valence electrons. The van der Waals surface area contributed by atoms with Crippen LogP contribution in [-0.4, -0.2) is 13.2 Å².